The molecule has 1 aromatic carbocycles. The first-order valence-electron chi connectivity index (χ1n) is 8.38. The van der Waals surface area contributed by atoms with E-state index in [2.05, 4.69) is 15.5 Å². The number of aromatic nitrogens is 2. The molecule has 0 spiro atoms. The first kappa shape index (κ1) is 17.6. The van der Waals surface area contributed by atoms with Crippen LogP contribution in [0.5, 0.6) is 0 Å². The topological polar surface area (TPSA) is 95.2 Å². The van der Waals surface area contributed by atoms with Crippen molar-refractivity contribution in [3.8, 4) is 11.3 Å². The van der Waals surface area contributed by atoms with E-state index >= 15 is 0 Å². The van der Waals surface area contributed by atoms with Crippen LogP contribution in [0, 0.1) is 0 Å². The van der Waals surface area contributed by atoms with E-state index in [9.17, 15) is 13.2 Å². The van der Waals surface area contributed by atoms with Crippen molar-refractivity contribution in [3.63, 3.8) is 0 Å². The van der Waals surface area contributed by atoms with Gasteiger partial charge in [0, 0.05) is 24.7 Å². The summed E-state index contributed by atoms with van der Waals surface area (Å²) >= 11 is 0. The van der Waals surface area contributed by atoms with Crippen LogP contribution in [0.3, 0.4) is 0 Å². The minimum Gasteiger partial charge on any atom is -0.349 e. The summed E-state index contributed by atoms with van der Waals surface area (Å²) in [6.07, 6.45) is 2.75. The summed E-state index contributed by atoms with van der Waals surface area (Å²) in [5.41, 5.74) is 2.08. The van der Waals surface area contributed by atoms with Gasteiger partial charge in [-0.25, -0.2) is 12.7 Å². The molecular weight excluding hydrogens is 340 g/mol. The maximum Gasteiger partial charge on any atom is 0.255 e. The highest BCUT2D eigenvalue weighted by molar-refractivity contribution is 7.89. The average molecular weight is 362 g/mol. The zero-order valence-corrected chi connectivity index (χ0v) is 14.9. The van der Waals surface area contributed by atoms with Gasteiger partial charge in [-0.15, -0.1) is 0 Å². The zero-order chi connectivity index (χ0) is 17.9. The number of hydrogen-bond donors (Lipinski definition) is 2. The summed E-state index contributed by atoms with van der Waals surface area (Å²) in [4.78, 5) is 12.6. The van der Waals surface area contributed by atoms with Crippen molar-refractivity contribution < 1.29 is 13.2 Å². The number of sulfonamides is 1. The van der Waals surface area contributed by atoms with E-state index in [-0.39, 0.29) is 17.7 Å². The standard InChI is InChI=1S/C17H22N4O3S/c1-2-25(23,24)21-10-8-14(9-11-21)19-17(22)15-12-18-20-16(15)13-6-4-3-5-7-13/h3-7,12,14H,2,8-11H2,1H3,(H,18,20)(H,19,22). The van der Waals surface area contributed by atoms with Crippen LogP contribution in [0.2, 0.25) is 0 Å². The van der Waals surface area contributed by atoms with Gasteiger partial charge in [0.2, 0.25) is 10.0 Å². The number of benzene rings is 1. The number of amides is 1. The van der Waals surface area contributed by atoms with Crippen molar-refractivity contribution in [2.75, 3.05) is 18.8 Å². The highest BCUT2D eigenvalue weighted by Crippen LogP contribution is 2.21. The number of rotatable bonds is 5. The third kappa shape index (κ3) is 3.91. The Hall–Kier alpha value is -2.19. The maximum absolute atomic E-state index is 12.6. The van der Waals surface area contributed by atoms with Crippen LogP contribution in [0.15, 0.2) is 36.5 Å². The van der Waals surface area contributed by atoms with Gasteiger partial charge in [0.1, 0.15) is 0 Å². The normalized spacial score (nSPS) is 16.7. The van der Waals surface area contributed by atoms with Crippen LogP contribution < -0.4 is 5.32 Å². The lowest BCUT2D eigenvalue weighted by Gasteiger charge is -2.31. The highest BCUT2D eigenvalue weighted by atomic mass is 32.2. The smallest absolute Gasteiger partial charge is 0.255 e. The van der Waals surface area contributed by atoms with Gasteiger partial charge in [-0.2, -0.15) is 5.10 Å². The molecule has 134 valence electrons. The van der Waals surface area contributed by atoms with Crippen LogP contribution in [0.25, 0.3) is 11.3 Å². The highest BCUT2D eigenvalue weighted by Gasteiger charge is 2.28. The van der Waals surface area contributed by atoms with Crippen LogP contribution >= 0.6 is 0 Å². The Balaban J connectivity index is 1.64. The second-order valence-corrected chi connectivity index (χ2v) is 8.33. The Kier molecular flexibility index (Phi) is 5.19. The lowest BCUT2D eigenvalue weighted by atomic mass is 10.0. The first-order valence-corrected chi connectivity index (χ1v) is 9.99. The molecule has 2 aromatic rings. The first-order chi connectivity index (χ1) is 12.0. The molecule has 25 heavy (non-hydrogen) atoms. The molecule has 0 atom stereocenters. The van der Waals surface area contributed by atoms with Crippen LogP contribution in [-0.4, -0.2) is 53.7 Å². The van der Waals surface area contributed by atoms with Crippen molar-refractivity contribution in [3.05, 3.63) is 42.1 Å². The van der Waals surface area contributed by atoms with Crippen molar-refractivity contribution in [1.29, 1.82) is 0 Å². The van der Waals surface area contributed by atoms with Gasteiger partial charge in [0.05, 0.1) is 23.2 Å². The van der Waals surface area contributed by atoms with Crippen molar-refractivity contribution in [1.82, 2.24) is 19.8 Å². The van der Waals surface area contributed by atoms with E-state index < -0.39 is 10.0 Å². The van der Waals surface area contributed by atoms with Gasteiger partial charge < -0.3 is 5.32 Å². The third-order valence-corrected chi connectivity index (χ3v) is 6.38. The lowest BCUT2D eigenvalue weighted by Crippen LogP contribution is -2.46. The molecule has 2 N–H and O–H groups in total. The summed E-state index contributed by atoms with van der Waals surface area (Å²) in [6, 6.07) is 9.52. The van der Waals surface area contributed by atoms with Gasteiger partial charge in [0.25, 0.3) is 5.91 Å². The molecule has 1 saturated heterocycles. The van der Waals surface area contributed by atoms with Crippen molar-refractivity contribution in [2.45, 2.75) is 25.8 Å². The Morgan fingerprint density at radius 1 is 1.28 bits per heavy atom. The summed E-state index contributed by atoms with van der Waals surface area (Å²) in [5.74, 6) is -0.0798. The number of hydrogen-bond acceptors (Lipinski definition) is 4. The summed E-state index contributed by atoms with van der Waals surface area (Å²) in [7, 11) is -3.15. The molecule has 0 aliphatic carbocycles. The lowest BCUT2D eigenvalue weighted by molar-refractivity contribution is 0.0924. The SMILES string of the molecule is CCS(=O)(=O)N1CCC(NC(=O)c2cn[nH]c2-c2ccccc2)CC1. The number of nitrogens with one attached hydrogen (secondary N) is 2. The molecule has 1 aliphatic heterocycles. The van der Waals surface area contributed by atoms with E-state index in [1.54, 1.807) is 6.92 Å². The second kappa shape index (κ2) is 7.37. The predicted octanol–water partition coefficient (Wildman–Crippen LogP) is 1.62. The summed E-state index contributed by atoms with van der Waals surface area (Å²) in [5, 5.41) is 9.87. The molecule has 0 bridgehead atoms. The maximum atomic E-state index is 12.6. The fraction of sp³-hybridized carbons (Fsp3) is 0.412. The number of aromatic amines is 1. The van der Waals surface area contributed by atoms with Gasteiger partial charge in [0.15, 0.2) is 0 Å². The number of nitrogens with zero attached hydrogens (tertiary/aromatic N) is 2. The van der Waals surface area contributed by atoms with Gasteiger partial charge >= 0.3 is 0 Å². The Morgan fingerprint density at radius 2 is 1.96 bits per heavy atom. The average Bonchev–Trinajstić information content (AvgIpc) is 3.13. The molecule has 1 aliphatic rings. The van der Waals surface area contributed by atoms with E-state index in [4.69, 9.17) is 0 Å². The Bertz CT molecular complexity index is 825. The van der Waals surface area contributed by atoms with Crippen molar-refractivity contribution >= 4 is 15.9 Å². The largest absolute Gasteiger partial charge is 0.349 e. The Morgan fingerprint density at radius 3 is 2.60 bits per heavy atom. The van der Waals surface area contributed by atoms with Crippen LogP contribution in [0.4, 0.5) is 0 Å². The molecule has 3 rings (SSSR count). The van der Waals surface area contributed by atoms with Gasteiger partial charge in [-0.1, -0.05) is 30.3 Å². The minimum absolute atomic E-state index is 0.0330. The summed E-state index contributed by atoms with van der Waals surface area (Å²) in [6.45, 7) is 2.53. The van der Waals surface area contributed by atoms with Crippen molar-refractivity contribution in [2.24, 2.45) is 0 Å². The van der Waals surface area contributed by atoms with E-state index in [0.29, 0.717) is 37.2 Å². The second-order valence-electron chi connectivity index (χ2n) is 6.07. The number of piperidine rings is 1. The van der Waals surface area contributed by atoms with Crippen LogP contribution in [0.1, 0.15) is 30.1 Å². The fourth-order valence-electron chi connectivity index (χ4n) is 3.01. The van der Waals surface area contributed by atoms with Crippen LogP contribution in [-0.2, 0) is 10.0 Å². The molecule has 0 unspecified atom stereocenters. The van der Waals surface area contributed by atoms with E-state index in [0.717, 1.165) is 5.56 Å². The molecular formula is C17H22N4O3S. The summed E-state index contributed by atoms with van der Waals surface area (Å²) < 4.78 is 25.3. The zero-order valence-electron chi connectivity index (χ0n) is 14.1. The van der Waals surface area contributed by atoms with Gasteiger partial charge in [-0.3, -0.25) is 9.89 Å². The monoisotopic (exact) mass is 362 g/mol. The molecule has 7 nitrogen and oxygen atoms in total. The molecule has 1 amide bonds. The quantitative estimate of drug-likeness (QED) is 0.845. The number of H-pyrrole nitrogens is 1. The minimum atomic E-state index is -3.15. The number of carbonyl (C=O) groups excluding carboxylic acids is 1. The predicted molar refractivity (Wildman–Crippen MR) is 95.5 cm³/mol. The third-order valence-electron chi connectivity index (χ3n) is 4.49. The Labute approximate surface area is 147 Å². The molecule has 8 heteroatoms. The molecule has 0 radical (unpaired) electrons. The van der Waals surface area contributed by atoms with E-state index in [1.807, 2.05) is 30.3 Å². The fourth-order valence-corrected chi connectivity index (χ4v) is 4.14. The molecule has 2 heterocycles. The van der Waals surface area contributed by atoms with E-state index in [1.165, 1.54) is 10.5 Å². The molecule has 1 fully saturated rings. The number of carbonyl (C=O) groups is 1. The molecule has 1 aromatic heterocycles. The van der Waals surface area contributed by atoms with Gasteiger partial charge in [-0.05, 0) is 19.8 Å². The molecule has 0 saturated carbocycles.